The molecule has 0 saturated carbocycles. The van der Waals surface area contributed by atoms with Gasteiger partial charge in [0.1, 0.15) is 12.4 Å². The van der Waals surface area contributed by atoms with Gasteiger partial charge >= 0.3 is 0 Å². The van der Waals surface area contributed by atoms with Gasteiger partial charge in [-0.2, -0.15) is 9.78 Å². The Hall–Kier alpha value is -2.43. The lowest BCUT2D eigenvalue weighted by molar-refractivity contribution is 0.267. The molecule has 4 rings (SSSR count). The molecule has 0 aliphatic rings. The van der Waals surface area contributed by atoms with E-state index in [2.05, 4.69) is 48.6 Å². The molecule has 0 fully saturated rings. The van der Waals surface area contributed by atoms with Crippen LogP contribution >= 0.6 is 50.1 Å². The van der Waals surface area contributed by atoms with Gasteiger partial charge in [-0.05, 0) is 78.4 Å². The molecule has 0 saturated heterocycles. The van der Waals surface area contributed by atoms with Crippen molar-refractivity contribution in [3.63, 3.8) is 0 Å². The Balaban J connectivity index is 1.66. The number of hydrogen-bond acceptors (Lipinski definition) is 5. The van der Waals surface area contributed by atoms with Crippen molar-refractivity contribution >= 4 is 67.2 Å². The Morgan fingerprint density at radius 3 is 2.74 bits per heavy atom. The first kappa shape index (κ1) is 24.7. The molecule has 1 heterocycles. The van der Waals surface area contributed by atoms with Gasteiger partial charge < -0.3 is 9.47 Å². The van der Waals surface area contributed by atoms with Crippen molar-refractivity contribution < 1.29 is 9.47 Å². The molecule has 1 aromatic heterocycles. The molecular formula is C25H20BrClIN3O3. The molecule has 174 valence electrons. The third-order valence-corrected chi connectivity index (χ3v) is 6.62. The standard InChI is InChI=1S/C25H20BrClIN3O3/c1-3-33-23-11-16(10-21(28)24(23)34-14-17-6-4-5-7-20(17)27)13-29-31-15(2)30-22-9-8-18(26)12-19(22)25(31)32/h4-13H,3,14H2,1-2H3. The number of benzene rings is 3. The number of rotatable bonds is 7. The van der Waals surface area contributed by atoms with Crippen LogP contribution in [0.1, 0.15) is 23.9 Å². The van der Waals surface area contributed by atoms with Gasteiger partial charge in [0.25, 0.3) is 5.56 Å². The van der Waals surface area contributed by atoms with Crippen LogP contribution in [0, 0.1) is 10.5 Å². The number of aromatic nitrogens is 2. The van der Waals surface area contributed by atoms with Crippen LogP contribution in [0.4, 0.5) is 0 Å². The smallest absolute Gasteiger partial charge is 0.282 e. The molecule has 3 aromatic carbocycles. The number of nitrogens with zero attached hydrogens (tertiary/aromatic N) is 3. The average molecular weight is 653 g/mol. The summed E-state index contributed by atoms with van der Waals surface area (Å²) in [4.78, 5) is 17.5. The van der Waals surface area contributed by atoms with Crippen molar-refractivity contribution in [2.45, 2.75) is 20.5 Å². The number of halogens is 3. The molecule has 9 heteroatoms. The van der Waals surface area contributed by atoms with E-state index in [9.17, 15) is 4.79 Å². The van der Waals surface area contributed by atoms with Crippen LogP contribution in [-0.2, 0) is 6.61 Å². The third-order valence-electron chi connectivity index (χ3n) is 4.95. The van der Waals surface area contributed by atoms with Crippen LogP contribution < -0.4 is 15.0 Å². The number of fused-ring (bicyclic) bond motifs is 1. The van der Waals surface area contributed by atoms with Crippen LogP contribution in [0.2, 0.25) is 5.02 Å². The Kier molecular flexibility index (Phi) is 7.90. The van der Waals surface area contributed by atoms with Crippen molar-refractivity contribution in [2.75, 3.05) is 6.61 Å². The van der Waals surface area contributed by atoms with Gasteiger partial charge in [-0.1, -0.05) is 45.7 Å². The molecule has 0 spiro atoms. The molecule has 4 aromatic rings. The van der Waals surface area contributed by atoms with Gasteiger partial charge in [-0.3, -0.25) is 4.79 Å². The number of aryl methyl sites for hydroxylation is 1. The second kappa shape index (κ2) is 10.9. The van der Waals surface area contributed by atoms with Crippen molar-refractivity contribution in [1.82, 2.24) is 9.66 Å². The molecule has 34 heavy (non-hydrogen) atoms. The summed E-state index contributed by atoms with van der Waals surface area (Å²) in [6.07, 6.45) is 1.61. The Morgan fingerprint density at radius 2 is 1.97 bits per heavy atom. The van der Waals surface area contributed by atoms with Gasteiger partial charge in [0.05, 0.1) is 27.3 Å². The van der Waals surface area contributed by atoms with E-state index in [0.29, 0.717) is 46.5 Å². The van der Waals surface area contributed by atoms with Crippen molar-refractivity contribution in [2.24, 2.45) is 5.10 Å². The molecule has 0 unspecified atom stereocenters. The molecule has 0 bridgehead atoms. The summed E-state index contributed by atoms with van der Waals surface area (Å²) < 4.78 is 14.9. The molecule has 0 aliphatic carbocycles. The molecule has 0 atom stereocenters. The van der Waals surface area contributed by atoms with Crippen LogP contribution in [0.5, 0.6) is 11.5 Å². The zero-order chi connectivity index (χ0) is 24.2. The van der Waals surface area contributed by atoms with E-state index in [0.717, 1.165) is 19.2 Å². The lowest BCUT2D eigenvalue weighted by Crippen LogP contribution is -2.20. The minimum atomic E-state index is -0.237. The molecule has 0 N–H and O–H groups in total. The predicted molar refractivity (Wildman–Crippen MR) is 148 cm³/mol. The summed E-state index contributed by atoms with van der Waals surface area (Å²) in [6, 6.07) is 16.7. The maximum Gasteiger partial charge on any atom is 0.282 e. The summed E-state index contributed by atoms with van der Waals surface area (Å²) in [5.74, 6) is 1.72. The minimum Gasteiger partial charge on any atom is -0.490 e. The molecule has 0 aliphatic heterocycles. The van der Waals surface area contributed by atoms with Crippen molar-refractivity contribution in [3.05, 3.63) is 95.0 Å². The fraction of sp³-hybridized carbons (Fsp3) is 0.160. The van der Waals surface area contributed by atoms with E-state index < -0.39 is 0 Å². The van der Waals surface area contributed by atoms with E-state index >= 15 is 0 Å². The first-order chi connectivity index (χ1) is 16.4. The monoisotopic (exact) mass is 651 g/mol. The van der Waals surface area contributed by atoms with E-state index in [-0.39, 0.29) is 5.56 Å². The Bertz CT molecular complexity index is 1460. The lowest BCUT2D eigenvalue weighted by atomic mass is 10.2. The fourth-order valence-corrected chi connectivity index (χ4v) is 4.68. The number of hydrogen-bond donors (Lipinski definition) is 0. The maximum absolute atomic E-state index is 13.0. The van der Waals surface area contributed by atoms with Gasteiger partial charge in [0.15, 0.2) is 11.5 Å². The molecular weight excluding hydrogens is 633 g/mol. The van der Waals surface area contributed by atoms with Crippen LogP contribution in [-0.4, -0.2) is 22.5 Å². The van der Waals surface area contributed by atoms with E-state index in [1.54, 1.807) is 25.3 Å². The summed E-state index contributed by atoms with van der Waals surface area (Å²) in [7, 11) is 0. The van der Waals surface area contributed by atoms with Gasteiger partial charge in [-0.25, -0.2) is 4.98 Å². The highest BCUT2D eigenvalue weighted by atomic mass is 127. The van der Waals surface area contributed by atoms with Crippen LogP contribution in [0.25, 0.3) is 10.9 Å². The predicted octanol–water partition coefficient (Wildman–Crippen LogP) is 6.59. The minimum absolute atomic E-state index is 0.237. The van der Waals surface area contributed by atoms with Gasteiger partial charge in [0.2, 0.25) is 0 Å². The third kappa shape index (κ3) is 5.45. The van der Waals surface area contributed by atoms with Crippen molar-refractivity contribution in [3.8, 4) is 11.5 Å². The highest BCUT2D eigenvalue weighted by Gasteiger charge is 2.13. The largest absolute Gasteiger partial charge is 0.490 e. The zero-order valence-electron chi connectivity index (χ0n) is 18.4. The molecule has 6 nitrogen and oxygen atoms in total. The first-order valence-electron chi connectivity index (χ1n) is 10.4. The zero-order valence-corrected chi connectivity index (χ0v) is 22.9. The normalized spacial score (nSPS) is 11.3. The highest BCUT2D eigenvalue weighted by molar-refractivity contribution is 14.1. The molecule has 0 radical (unpaired) electrons. The quantitative estimate of drug-likeness (QED) is 0.167. The Labute approximate surface area is 223 Å². The summed E-state index contributed by atoms with van der Waals surface area (Å²) in [6.45, 7) is 4.45. The van der Waals surface area contributed by atoms with Crippen LogP contribution in [0.3, 0.4) is 0 Å². The van der Waals surface area contributed by atoms with Crippen molar-refractivity contribution in [1.29, 1.82) is 0 Å². The number of ether oxygens (including phenoxy) is 2. The average Bonchev–Trinajstić information content (AvgIpc) is 2.80. The SMILES string of the molecule is CCOc1cc(C=Nn2c(C)nc3ccc(Br)cc3c2=O)cc(I)c1OCc1ccccc1Cl. The van der Waals surface area contributed by atoms with Crippen LogP contribution in [0.15, 0.2) is 69.0 Å². The van der Waals surface area contributed by atoms with E-state index in [4.69, 9.17) is 21.1 Å². The van der Waals surface area contributed by atoms with Gasteiger partial charge in [0, 0.05) is 15.1 Å². The topological polar surface area (TPSA) is 65.7 Å². The maximum atomic E-state index is 13.0. The fourth-order valence-electron chi connectivity index (χ4n) is 3.35. The summed E-state index contributed by atoms with van der Waals surface area (Å²) in [5.41, 5.74) is 2.04. The summed E-state index contributed by atoms with van der Waals surface area (Å²) >= 11 is 11.9. The lowest BCUT2D eigenvalue weighted by Gasteiger charge is -2.15. The second-order valence-electron chi connectivity index (χ2n) is 7.33. The molecule has 0 amide bonds. The Morgan fingerprint density at radius 1 is 1.18 bits per heavy atom. The second-order valence-corrected chi connectivity index (χ2v) is 9.81. The first-order valence-corrected chi connectivity index (χ1v) is 12.7. The van der Waals surface area contributed by atoms with E-state index in [1.807, 2.05) is 49.4 Å². The van der Waals surface area contributed by atoms with E-state index in [1.165, 1.54) is 4.68 Å². The summed E-state index contributed by atoms with van der Waals surface area (Å²) in [5, 5.41) is 5.56. The van der Waals surface area contributed by atoms with Gasteiger partial charge in [-0.15, -0.1) is 0 Å². The highest BCUT2D eigenvalue weighted by Crippen LogP contribution is 2.35.